The Morgan fingerprint density at radius 3 is 2.79 bits per heavy atom. The summed E-state index contributed by atoms with van der Waals surface area (Å²) >= 11 is 0. The molecule has 0 unspecified atom stereocenters. The number of aromatic nitrogens is 3. The van der Waals surface area contributed by atoms with E-state index >= 15 is 0 Å². The van der Waals surface area contributed by atoms with E-state index in [-0.39, 0.29) is 0 Å². The molecule has 3 heterocycles. The molecule has 0 atom stereocenters. The molecule has 1 N–H and O–H groups in total. The molecule has 24 heavy (non-hydrogen) atoms. The highest BCUT2D eigenvalue weighted by Crippen LogP contribution is 2.37. The number of nitrogens with zero attached hydrogens (tertiary/aromatic N) is 4. The third-order valence-corrected chi connectivity index (χ3v) is 5.55. The van der Waals surface area contributed by atoms with E-state index in [1.165, 1.54) is 38.6 Å². The van der Waals surface area contributed by atoms with Gasteiger partial charge >= 0.3 is 0 Å². The first-order valence-corrected chi connectivity index (χ1v) is 9.18. The predicted molar refractivity (Wildman–Crippen MR) is 94.3 cm³/mol. The summed E-state index contributed by atoms with van der Waals surface area (Å²) in [6.45, 7) is 6.10. The molecular formula is C18H27N5O. The van der Waals surface area contributed by atoms with Crippen LogP contribution < -0.4 is 5.32 Å². The summed E-state index contributed by atoms with van der Waals surface area (Å²) in [5, 5.41) is 11.9. The van der Waals surface area contributed by atoms with Gasteiger partial charge in [-0.3, -0.25) is 9.30 Å². The van der Waals surface area contributed by atoms with Crippen molar-refractivity contribution in [1.29, 1.82) is 0 Å². The summed E-state index contributed by atoms with van der Waals surface area (Å²) in [7, 11) is 0. The van der Waals surface area contributed by atoms with Crippen molar-refractivity contribution in [1.82, 2.24) is 19.5 Å². The third kappa shape index (κ3) is 3.39. The fourth-order valence-electron chi connectivity index (χ4n) is 4.20. The highest BCUT2D eigenvalue weighted by Gasteiger charge is 2.34. The quantitative estimate of drug-likeness (QED) is 0.913. The topological polar surface area (TPSA) is 54.7 Å². The molecule has 1 saturated carbocycles. The Hall–Kier alpha value is -1.66. The summed E-state index contributed by atoms with van der Waals surface area (Å²) in [5.41, 5.74) is 1.26. The average molecular weight is 329 g/mol. The Balaban J connectivity index is 1.48. The van der Waals surface area contributed by atoms with Gasteiger partial charge in [0.05, 0.1) is 13.2 Å². The largest absolute Gasteiger partial charge is 0.379 e. The van der Waals surface area contributed by atoms with Crippen molar-refractivity contribution in [2.24, 2.45) is 5.41 Å². The van der Waals surface area contributed by atoms with Crippen LogP contribution in [0.25, 0.3) is 5.65 Å². The average Bonchev–Trinajstić information content (AvgIpc) is 3.11. The van der Waals surface area contributed by atoms with Crippen LogP contribution >= 0.6 is 0 Å². The van der Waals surface area contributed by atoms with Gasteiger partial charge in [0, 0.05) is 31.6 Å². The zero-order valence-corrected chi connectivity index (χ0v) is 14.3. The highest BCUT2D eigenvalue weighted by molar-refractivity contribution is 5.48. The molecule has 1 aliphatic carbocycles. The minimum absolute atomic E-state index is 0.367. The number of ether oxygens (including phenoxy) is 1. The van der Waals surface area contributed by atoms with Gasteiger partial charge in [-0.25, -0.2) is 0 Å². The molecule has 0 aromatic carbocycles. The van der Waals surface area contributed by atoms with Crippen LogP contribution in [0.2, 0.25) is 0 Å². The van der Waals surface area contributed by atoms with E-state index < -0.39 is 0 Å². The molecule has 130 valence electrons. The predicted octanol–water partition coefficient (Wildman–Crippen LogP) is 2.42. The zero-order valence-electron chi connectivity index (χ0n) is 14.3. The van der Waals surface area contributed by atoms with Crippen molar-refractivity contribution < 1.29 is 4.74 Å². The lowest BCUT2D eigenvalue weighted by atomic mass is 9.73. The smallest absolute Gasteiger partial charge is 0.162 e. The molecule has 1 saturated heterocycles. The molecule has 0 radical (unpaired) electrons. The van der Waals surface area contributed by atoms with Gasteiger partial charge in [-0.15, -0.1) is 10.2 Å². The van der Waals surface area contributed by atoms with Crippen molar-refractivity contribution in [2.75, 3.05) is 44.7 Å². The summed E-state index contributed by atoms with van der Waals surface area (Å²) in [6, 6.07) is 6.14. The Morgan fingerprint density at radius 1 is 1.12 bits per heavy atom. The van der Waals surface area contributed by atoms with Gasteiger partial charge in [-0.05, 0) is 25.0 Å². The summed E-state index contributed by atoms with van der Waals surface area (Å²) < 4.78 is 7.55. The van der Waals surface area contributed by atoms with Crippen molar-refractivity contribution >= 4 is 11.5 Å². The molecule has 4 rings (SSSR count). The summed E-state index contributed by atoms with van der Waals surface area (Å²) in [5.74, 6) is 1.09. The number of hydrogen-bond donors (Lipinski definition) is 1. The maximum atomic E-state index is 5.52. The standard InChI is InChI=1S/C18H27N5O/c1-2-7-18(8-3-1,14-22-9-11-24-12-10-22)13-19-16-5-4-6-17-21-20-15-23(16)17/h4-6,15,19H,1-3,7-14H2. The number of anilines is 1. The van der Waals surface area contributed by atoms with Crippen LogP contribution in [0.1, 0.15) is 32.1 Å². The third-order valence-electron chi connectivity index (χ3n) is 5.55. The first-order chi connectivity index (χ1) is 11.8. The second-order valence-corrected chi connectivity index (χ2v) is 7.27. The fourth-order valence-corrected chi connectivity index (χ4v) is 4.20. The highest BCUT2D eigenvalue weighted by atomic mass is 16.5. The maximum Gasteiger partial charge on any atom is 0.162 e. The molecule has 2 fully saturated rings. The van der Waals surface area contributed by atoms with Crippen molar-refractivity contribution in [3.8, 4) is 0 Å². The first-order valence-electron chi connectivity index (χ1n) is 9.18. The second kappa shape index (κ2) is 7.07. The number of hydrogen-bond acceptors (Lipinski definition) is 5. The molecule has 2 aromatic heterocycles. The van der Waals surface area contributed by atoms with E-state index in [0.717, 1.165) is 44.3 Å². The van der Waals surface area contributed by atoms with Crippen LogP contribution in [0.3, 0.4) is 0 Å². The van der Waals surface area contributed by atoms with Gasteiger partial charge in [0.15, 0.2) is 5.65 Å². The maximum absolute atomic E-state index is 5.52. The van der Waals surface area contributed by atoms with E-state index in [9.17, 15) is 0 Å². The Labute approximate surface area is 143 Å². The molecule has 1 aliphatic heterocycles. The fraction of sp³-hybridized carbons (Fsp3) is 0.667. The lowest BCUT2D eigenvalue weighted by Gasteiger charge is -2.42. The molecule has 0 amide bonds. The van der Waals surface area contributed by atoms with Crippen molar-refractivity contribution in [3.05, 3.63) is 24.5 Å². The molecule has 2 aromatic rings. The van der Waals surface area contributed by atoms with E-state index in [2.05, 4.69) is 26.5 Å². The van der Waals surface area contributed by atoms with Crippen molar-refractivity contribution in [2.45, 2.75) is 32.1 Å². The number of morpholine rings is 1. The van der Waals surface area contributed by atoms with Crippen LogP contribution in [0.4, 0.5) is 5.82 Å². The number of nitrogens with one attached hydrogen (secondary N) is 1. The van der Waals surface area contributed by atoms with Gasteiger partial charge in [0.25, 0.3) is 0 Å². The van der Waals surface area contributed by atoms with E-state index in [1.54, 1.807) is 6.33 Å². The van der Waals surface area contributed by atoms with Crippen LogP contribution in [0.15, 0.2) is 24.5 Å². The summed E-state index contributed by atoms with van der Waals surface area (Å²) in [4.78, 5) is 2.59. The SMILES string of the molecule is c1cc(NCC2(CN3CCOCC3)CCCCC2)n2cnnc2c1. The van der Waals surface area contributed by atoms with Crippen molar-refractivity contribution in [3.63, 3.8) is 0 Å². The van der Waals surface area contributed by atoms with Gasteiger partial charge in [-0.2, -0.15) is 0 Å². The first kappa shape index (κ1) is 15.8. The van der Waals surface area contributed by atoms with Gasteiger partial charge in [0.2, 0.25) is 0 Å². The molecule has 2 aliphatic rings. The number of fused-ring (bicyclic) bond motifs is 1. The normalized spacial score (nSPS) is 21.8. The van der Waals surface area contributed by atoms with Gasteiger partial charge < -0.3 is 10.1 Å². The molecule has 0 bridgehead atoms. The Bertz CT molecular complexity index is 658. The molecular weight excluding hydrogens is 302 g/mol. The Morgan fingerprint density at radius 2 is 1.96 bits per heavy atom. The van der Waals surface area contributed by atoms with Gasteiger partial charge in [0.1, 0.15) is 12.1 Å². The molecule has 6 nitrogen and oxygen atoms in total. The van der Waals surface area contributed by atoms with Gasteiger partial charge in [-0.1, -0.05) is 25.3 Å². The molecule has 6 heteroatoms. The minimum Gasteiger partial charge on any atom is -0.379 e. The van der Waals surface area contributed by atoms with E-state index in [0.29, 0.717) is 5.41 Å². The van der Waals surface area contributed by atoms with E-state index in [4.69, 9.17) is 4.74 Å². The van der Waals surface area contributed by atoms with Crippen LogP contribution in [-0.4, -0.2) is 58.9 Å². The summed E-state index contributed by atoms with van der Waals surface area (Å²) in [6.07, 6.45) is 8.50. The number of pyridine rings is 1. The van der Waals surface area contributed by atoms with Crippen LogP contribution in [0, 0.1) is 5.41 Å². The lowest BCUT2D eigenvalue weighted by Crippen LogP contribution is -2.47. The monoisotopic (exact) mass is 329 g/mol. The minimum atomic E-state index is 0.367. The van der Waals surface area contributed by atoms with E-state index in [1.807, 2.05) is 16.5 Å². The lowest BCUT2D eigenvalue weighted by molar-refractivity contribution is 0.0102. The number of rotatable bonds is 5. The molecule has 0 spiro atoms. The van der Waals surface area contributed by atoms with Crippen LogP contribution in [0.5, 0.6) is 0 Å². The zero-order chi connectivity index (χ0) is 16.2. The van der Waals surface area contributed by atoms with Crippen LogP contribution in [-0.2, 0) is 4.74 Å². The Kier molecular flexibility index (Phi) is 4.67. The second-order valence-electron chi connectivity index (χ2n) is 7.27.